The van der Waals surface area contributed by atoms with Crippen molar-refractivity contribution in [2.24, 2.45) is 5.84 Å². The Hall–Kier alpha value is -2.34. The fourth-order valence-electron chi connectivity index (χ4n) is 1.31. The van der Waals surface area contributed by atoms with E-state index >= 15 is 0 Å². The molecule has 0 aliphatic carbocycles. The van der Waals surface area contributed by atoms with E-state index in [-0.39, 0.29) is 5.82 Å². The Balaban J connectivity index is 2.45. The Morgan fingerprint density at radius 1 is 1.06 bits per heavy atom. The number of rotatable bonds is 2. The van der Waals surface area contributed by atoms with E-state index in [1.54, 1.807) is 24.3 Å². The van der Waals surface area contributed by atoms with Crippen molar-refractivity contribution >= 4 is 11.5 Å². The summed E-state index contributed by atoms with van der Waals surface area (Å²) in [5.74, 6) is 6.00. The molecule has 6 nitrogen and oxygen atoms in total. The van der Waals surface area contributed by atoms with Gasteiger partial charge in [0, 0.05) is 6.07 Å². The van der Waals surface area contributed by atoms with Gasteiger partial charge in [-0.05, 0) is 12.1 Å². The molecule has 0 bridgehead atoms. The first kappa shape index (κ1) is 10.2. The van der Waals surface area contributed by atoms with Crippen LogP contribution in [0.25, 0.3) is 0 Å². The van der Waals surface area contributed by atoms with E-state index in [0.717, 1.165) is 0 Å². The number of nitrogens with zero attached hydrogens (tertiary/aromatic N) is 1. The number of para-hydroxylation sites is 1. The van der Waals surface area contributed by atoms with E-state index in [0.29, 0.717) is 5.69 Å². The van der Waals surface area contributed by atoms with Crippen molar-refractivity contribution in [1.29, 1.82) is 0 Å². The number of hydrazine groups is 1. The molecule has 1 aromatic heterocycles. The molecule has 0 amide bonds. The van der Waals surface area contributed by atoms with Crippen LogP contribution in [-0.4, -0.2) is 9.97 Å². The average molecular weight is 218 g/mol. The quantitative estimate of drug-likeness (QED) is 0.491. The Morgan fingerprint density at radius 3 is 2.38 bits per heavy atom. The maximum absolute atomic E-state index is 11.1. The number of hydrogen-bond acceptors (Lipinski definition) is 4. The summed E-state index contributed by atoms with van der Waals surface area (Å²) < 4.78 is 0. The van der Waals surface area contributed by atoms with Crippen molar-refractivity contribution in [3.63, 3.8) is 0 Å². The van der Waals surface area contributed by atoms with Crippen LogP contribution in [0.1, 0.15) is 0 Å². The van der Waals surface area contributed by atoms with Crippen molar-refractivity contribution in [2.75, 3.05) is 5.01 Å². The van der Waals surface area contributed by atoms with E-state index in [1.165, 1.54) is 11.1 Å². The van der Waals surface area contributed by atoms with Gasteiger partial charge in [0.25, 0.3) is 5.56 Å². The van der Waals surface area contributed by atoms with Crippen LogP contribution in [0.3, 0.4) is 0 Å². The van der Waals surface area contributed by atoms with Gasteiger partial charge in [-0.1, -0.05) is 18.2 Å². The van der Waals surface area contributed by atoms with Crippen molar-refractivity contribution in [1.82, 2.24) is 9.97 Å². The first-order chi connectivity index (χ1) is 7.66. The summed E-state index contributed by atoms with van der Waals surface area (Å²) in [7, 11) is 0. The van der Waals surface area contributed by atoms with Gasteiger partial charge < -0.3 is 0 Å². The molecule has 0 radical (unpaired) electrons. The number of hydrogen-bond donors (Lipinski definition) is 3. The van der Waals surface area contributed by atoms with Crippen molar-refractivity contribution in [3.05, 3.63) is 57.2 Å². The first-order valence-electron chi connectivity index (χ1n) is 4.60. The molecule has 6 heteroatoms. The molecule has 0 aliphatic heterocycles. The lowest BCUT2D eigenvalue weighted by Gasteiger charge is -2.17. The number of anilines is 2. The summed E-state index contributed by atoms with van der Waals surface area (Å²) in [4.78, 5) is 26.6. The van der Waals surface area contributed by atoms with Gasteiger partial charge in [-0.25, -0.2) is 10.6 Å². The van der Waals surface area contributed by atoms with E-state index in [4.69, 9.17) is 5.84 Å². The molecule has 0 saturated carbocycles. The van der Waals surface area contributed by atoms with Crippen LogP contribution in [0, 0.1) is 0 Å². The van der Waals surface area contributed by atoms with Gasteiger partial charge in [-0.3, -0.25) is 19.8 Å². The zero-order valence-corrected chi connectivity index (χ0v) is 8.31. The molecule has 0 atom stereocenters. The summed E-state index contributed by atoms with van der Waals surface area (Å²) in [5.41, 5.74) is -0.414. The summed E-state index contributed by atoms with van der Waals surface area (Å²) in [6.45, 7) is 0. The normalized spacial score (nSPS) is 10.1. The van der Waals surface area contributed by atoms with Crippen molar-refractivity contribution in [3.8, 4) is 0 Å². The molecule has 1 heterocycles. The van der Waals surface area contributed by atoms with Crippen molar-refractivity contribution in [2.45, 2.75) is 0 Å². The third-order valence-electron chi connectivity index (χ3n) is 2.04. The number of nitrogens with two attached hydrogens (primary N) is 1. The smallest absolute Gasteiger partial charge is 0.292 e. The summed E-state index contributed by atoms with van der Waals surface area (Å²) in [5, 5.41) is 1.23. The van der Waals surface area contributed by atoms with Gasteiger partial charge in [0.2, 0.25) is 0 Å². The fourth-order valence-corrected chi connectivity index (χ4v) is 1.31. The lowest BCUT2D eigenvalue weighted by atomic mass is 10.3. The molecule has 0 unspecified atom stereocenters. The highest BCUT2D eigenvalue weighted by molar-refractivity contribution is 5.57. The third-order valence-corrected chi connectivity index (χ3v) is 2.04. The molecule has 0 saturated heterocycles. The maximum atomic E-state index is 11.1. The number of H-pyrrole nitrogens is 2. The largest absolute Gasteiger partial charge is 0.327 e. The van der Waals surface area contributed by atoms with Crippen LogP contribution in [0.4, 0.5) is 11.5 Å². The van der Waals surface area contributed by atoms with Crippen LogP contribution in [0.15, 0.2) is 46.0 Å². The van der Waals surface area contributed by atoms with Gasteiger partial charge in [0.1, 0.15) is 5.82 Å². The molecule has 0 fully saturated rings. The Bertz CT molecular complexity index is 559. The number of nitrogens with one attached hydrogen (secondary N) is 2. The standard InChI is InChI=1S/C10H10N4O2/c11-14(7-4-2-1-3-5-7)8-6-9(15)13-10(16)12-8/h1-6H,11H2,(H2,12,13,15,16). The van der Waals surface area contributed by atoms with Gasteiger partial charge in [-0.15, -0.1) is 0 Å². The van der Waals surface area contributed by atoms with Crippen LogP contribution < -0.4 is 22.1 Å². The van der Waals surface area contributed by atoms with E-state index in [2.05, 4.69) is 9.97 Å². The molecule has 0 aliphatic rings. The summed E-state index contributed by atoms with van der Waals surface area (Å²) >= 11 is 0. The topological polar surface area (TPSA) is 95.0 Å². The molecular formula is C10H10N4O2. The van der Waals surface area contributed by atoms with Crippen LogP contribution >= 0.6 is 0 Å². The summed E-state index contributed by atoms with van der Waals surface area (Å²) in [6.07, 6.45) is 0. The molecule has 82 valence electrons. The van der Waals surface area contributed by atoms with Crippen LogP contribution in [0.5, 0.6) is 0 Å². The minimum atomic E-state index is -0.589. The number of aromatic nitrogens is 2. The van der Waals surface area contributed by atoms with E-state index < -0.39 is 11.2 Å². The third kappa shape index (κ3) is 2.01. The highest BCUT2D eigenvalue weighted by atomic mass is 16.2. The second-order valence-corrected chi connectivity index (χ2v) is 3.18. The fraction of sp³-hybridized carbons (Fsp3) is 0. The lowest BCUT2D eigenvalue weighted by molar-refractivity contribution is 0.964. The van der Waals surface area contributed by atoms with Gasteiger partial charge in [-0.2, -0.15) is 0 Å². The highest BCUT2D eigenvalue weighted by Gasteiger charge is 2.05. The van der Waals surface area contributed by atoms with Crippen molar-refractivity contribution < 1.29 is 0 Å². The second kappa shape index (κ2) is 4.03. The molecular weight excluding hydrogens is 208 g/mol. The van der Waals surface area contributed by atoms with Gasteiger partial charge >= 0.3 is 5.69 Å². The van der Waals surface area contributed by atoms with Gasteiger partial charge in [0.15, 0.2) is 0 Å². The Kier molecular flexibility index (Phi) is 2.57. The lowest BCUT2D eigenvalue weighted by Crippen LogP contribution is -2.31. The number of aromatic amines is 2. The zero-order valence-electron chi connectivity index (χ0n) is 8.31. The minimum Gasteiger partial charge on any atom is -0.292 e. The SMILES string of the molecule is NN(c1ccccc1)c1cc(=O)[nH]c(=O)[nH]1. The van der Waals surface area contributed by atoms with E-state index in [9.17, 15) is 9.59 Å². The molecule has 4 N–H and O–H groups in total. The minimum absolute atomic E-state index is 0.236. The highest BCUT2D eigenvalue weighted by Crippen LogP contribution is 2.16. The predicted molar refractivity (Wildman–Crippen MR) is 60.5 cm³/mol. The molecule has 1 aromatic carbocycles. The first-order valence-corrected chi connectivity index (χ1v) is 4.60. The Labute approximate surface area is 90.3 Å². The monoisotopic (exact) mass is 218 g/mol. The molecule has 16 heavy (non-hydrogen) atoms. The summed E-state index contributed by atoms with van der Waals surface area (Å²) in [6, 6.07) is 10.2. The second-order valence-electron chi connectivity index (χ2n) is 3.18. The number of benzene rings is 1. The Morgan fingerprint density at radius 2 is 1.75 bits per heavy atom. The predicted octanol–water partition coefficient (Wildman–Crippen LogP) is 0.0750. The van der Waals surface area contributed by atoms with E-state index in [1.807, 2.05) is 6.07 Å². The molecule has 0 spiro atoms. The average Bonchev–Trinajstić information content (AvgIpc) is 2.28. The molecule has 2 aromatic rings. The maximum Gasteiger partial charge on any atom is 0.327 e. The van der Waals surface area contributed by atoms with Crippen LogP contribution in [0.2, 0.25) is 0 Å². The zero-order chi connectivity index (χ0) is 11.5. The van der Waals surface area contributed by atoms with Crippen LogP contribution in [-0.2, 0) is 0 Å². The molecule has 2 rings (SSSR count). The van der Waals surface area contributed by atoms with Gasteiger partial charge in [0.05, 0.1) is 5.69 Å².